The Hall–Kier alpha value is -1.70. The Bertz CT molecular complexity index is 936. The van der Waals surface area contributed by atoms with Gasteiger partial charge in [0, 0.05) is 24.7 Å². The van der Waals surface area contributed by atoms with E-state index < -0.39 is 9.84 Å². The van der Waals surface area contributed by atoms with Gasteiger partial charge in [0.1, 0.15) is 0 Å². The quantitative estimate of drug-likeness (QED) is 0.874. The maximum Gasteiger partial charge on any atom is 0.195 e. The van der Waals surface area contributed by atoms with Gasteiger partial charge in [0.2, 0.25) is 0 Å². The fraction of sp³-hybridized carbons (Fsp3) is 0.550. The van der Waals surface area contributed by atoms with Crippen molar-refractivity contribution in [1.82, 2.24) is 20.4 Å². The zero-order valence-corrected chi connectivity index (χ0v) is 16.6. The number of hydrogen-bond donors (Lipinski definition) is 1. The van der Waals surface area contributed by atoms with Crippen molar-refractivity contribution in [3.63, 3.8) is 0 Å². The van der Waals surface area contributed by atoms with Crippen LogP contribution >= 0.6 is 0 Å². The molecule has 3 heterocycles. The number of allylic oxidation sites excluding steroid dienone is 1. The molecule has 6 nitrogen and oxygen atoms in total. The molecule has 4 rings (SSSR count). The van der Waals surface area contributed by atoms with Gasteiger partial charge in [-0.2, -0.15) is 5.10 Å². The van der Waals surface area contributed by atoms with Gasteiger partial charge in [-0.05, 0) is 62.4 Å². The molecule has 27 heavy (non-hydrogen) atoms. The van der Waals surface area contributed by atoms with Crippen molar-refractivity contribution in [2.75, 3.05) is 32.4 Å². The van der Waals surface area contributed by atoms with E-state index in [1.54, 1.807) is 0 Å². The first-order valence-corrected chi connectivity index (χ1v) is 11.7. The van der Waals surface area contributed by atoms with E-state index in [9.17, 15) is 8.42 Å². The van der Waals surface area contributed by atoms with Crippen LogP contribution in [-0.2, 0) is 9.84 Å². The van der Waals surface area contributed by atoms with Gasteiger partial charge in [-0.25, -0.2) is 13.7 Å². The Labute approximate surface area is 160 Å². The van der Waals surface area contributed by atoms with Crippen LogP contribution < -0.4 is 10.6 Å². The molecule has 1 aromatic heterocycles. The van der Waals surface area contributed by atoms with Crippen LogP contribution in [0, 0.1) is 5.92 Å². The standard InChI is InChI=1S/C20H27N4O2S/c1-27(25,26)20-18-14-16(3-2-15-6-10-21-11-7-15)4-5-19(18)24(23-20)17-8-12-22-13-9-17/h2-5,14-15,17,21H,6-13H2,1H3/b3-2-. The Morgan fingerprint density at radius 2 is 1.89 bits per heavy atom. The highest BCUT2D eigenvalue weighted by Crippen LogP contribution is 2.30. The van der Waals surface area contributed by atoms with E-state index in [1.165, 1.54) is 6.26 Å². The van der Waals surface area contributed by atoms with Gasteiger partial charge in [0.15, 0.2) is 14.9 Å². The molecule has 0 bridgehead atoms. The van der Waals surface area contributed by atoms with Gasteiger partial charge in [0.05, 0.1) is 11.6 Å². The van der Waals surface area contributed by atoms with Crippen LogP contribution in [0.3, 0.4) is 0 Å². The molecule has 0 spiro atoms. The normalized spacial score (nSPS) is 20.6. The number of nitrogens with one attached hydrogen (secondary N) is 1. The average Bonchev–Trinajstić information content (AvgIpc) is 3.07. The van der Waals surface area contributed by atoms with E-state index in [2.05, 4.69) is 34.0 Å². The third kappa shape index (κ3) is 4.10. The lowest BCUT2D eigenvalue weighted by atomic mass is 9.97. The van der Waals surface area contributed by atoms with Crippen molar-refractivity contribution in [3.8, 4) is 0 Å². The molecule has 0 amide bonds. The molecule has 1 N–H and O–H groups in total. The van der Waals surface area contributed by atoms with Crippen LogP contribution in [-0.4, -0.2) is 50.6 Å². The molecule has 2 aromatic rings. The summed E-state index contributed by atoms with van der Waals surface area (Å²) in [5.74, 6) is 0.588. The highest BCUT2D eigenvalue weighted by molar-refractivity contribution is 7.90. The molecule has 1 radical (unpaired) electrons. The highest BCUT2D eigenvalue weighted by Gasteiger charge is 2.24. The van der Waals surface area contributed by atoms with Crippen LogP contribution in [0.2, 0.25) is 0 Å². The Balaban J connectivity index is 1.71. The van der Waals surface area contributed by atoms with Crippen molar-refractivity contribution in [2.24, 2.45) is 5.92 Å². The molecular weight excluding hydrogens is 360 g/mol. The van der Waals surface area contributed by atoms with Crippen molar-refractivity contribution in [2.45, 2.75) is 36.8 Å². The van der Waals surface area contributed by atoms with Crippen LogP contribution in [0.25, 0.3) is 17.0 Å². The summed E-state index contributed by atoms with van der Waals surface area (Å²) in [4.78, 5) is 0. The first-order chi connectivity index (χ1) is 13.0. The second kappa shape index (κ2) is 7.73. The number of hydrogen-bond acceptors (Lipinski definition) is 4. The SMILES string of the molecule is CS(=O)(=O)c1nn(C2CC[N]CC2)c2ccc(/C=C\C3CCNCC3)cc12. The predicted molar refractivity (Wildman–Crippen MR) is 108 cm³/mol. The summed E-state index contributed by atoms with van der Waals surface area (Å²) >= 11 is 0. The van der Waals surface area contributed by atoms with Crippen molar-refractivity contribution < 1.29 is 8.42 Å². The smallest absolute Gasteiger partial charge is 0.195 e. The van der Waals surface area contributed by atoms with Gasteiger partial charge in [-0.1, -0.05) is 18.2 Å². The van der Waals surface area contributed by atoms with Gasteiger partial charge in [-0.15, -0.1) is 0 Å². The van der Waals surface area contributed by atoms with E-state index in [1.807, 2.05) is 16.8 Å². The van der Waals surface area contributed by atoms with E-state index in [0.717, 1.165) is 68.3 Å². The second-order valence-electron chi connectivity index (χ2n) is 7.65. The van der Waals surface area contributed by atoms with Gasteiger partial charge < -0.3 is 5.32 Å². The third-order valence-electron chi connectivity index (χ3n) is 5.58. The molecule has 2 aliphatic heterocycles. The number of piperidine rings is 2. The van der Waals surface area contributed by atoms with Crippen molar-refractivity contribution in [3.05, 3.63) is 29.8 Å². The Kier molecular flexibility index (Phi) is 5.34. The second-order valence-corrected chi connectivity index (χ2v) is 9.58. The summed E-state index contributed by atoms with van der Waals surface area (Å²) in [6.45, 7) is 3.76. The van der Waals surface area contributed by atoms with Crippen LogP contribution in [0.1, 0.15) is 37.3 Å². The van der Waals surface area contributed by atoms with Gasteiger partial charge in [0.25, 0.3) is 0 Å². The lowest BCUT2D eigenvalue weighted by Crippen LogP contribution is -2.26. The Morgan fingerprint density at radius 3 is 2.59 bits per heavy atom. The number of rotatable bonds is 4. The minimum Gasteiger partial charge on any atom is -0.317 e. The van der Waals surface area contributed by atoms with E-state index in [-0.39, 0.29) is 11.1 Å². The monoisotopic (exact) mass is 387 g/mol. The maximum atomic E-state index is 12.3. The van der Waals surface area contributed by atoms with E-state index >= 15 is 0 Å². The molecule has 1 aromatic carbocycles. The zero-order chi connectivity index (χ0) is 18.9. The number of sulfone groups is 1. The number of nitrogens with zero attached hydrogens (tertiary/aromatic N) is 3. The molecule has 0 saturated carbocycles. The Morgan fingerprint density at radius 1 is 1.15 bits per heavy atom. The molecule has 2 aliphatic rings. The van der Waals surface area contributed by atoms with Crippen LogP contribution in [0.5, 0.6) is 0 Å². The maximum absolute atomic E-state index is 12.3. The summed E-state index contributed by atoms with van der Waals surface area (Å²) in [5.41, 5.74) is 1.94. The number of fused-ring (bicyclic) bond motifs is 1. The number of benzene rings is 1. The molecular formula is C20H27N4O2S. The van der Waals surface area contributed by atoms with E-state index in [4.69, 9.17) is 0 Å². The molecule has 2 fully saturated rings. The third-order valence-corrected chi connectivity index (χ3v) is 6.58. The summed E-state index contributed by atoms with van der Waals surface area (Å²) < 4.78 is 26.6. The van der Waals surface area contributed by atoms with E-state index in [0.29, 0.717) is 5.92 Å². The summed E-state index contributed by atoms with van der Waals surface area (Å²) in [6.07, 6.45) is 9.76. The zero-order valence-electron chi connectivity index (χ0n) is 15.8. The molecule has 2 saturated heterocycles. The lowest BCUT2D eigenvalue weighted by molar-refractivity contribution is 0.343. The first-order valence-electron chi connectivity index (χ1n) is 9.77. The van der Waals surface area contributed by atoms with Gasteiger partial charge >= 0.3 is 0 Å². The summed E-state index contributed by atoms with van der Waals surface area (Å²) in [6, 6.07) is 6.28. The predicted octanol–water partition coefficient (Wildman–Crippen LogP) is 2.39. The van der Waals surface area contributed by atoms with Crippen LogP contribution in [0.15, 0.2) is 29.3 Å². The molecule has 7 heteroatoms. The average molecular weight is 388 g/mol. The van der Waals surface area contributed by atoms with Crippen molar-refractivity contribution in [1.29, 1.82) is 0 Å². The fourth-order valence-corrected chi connectivity index (χ4v) is 4.85. The minimum atomic E-state index is -3.39. The topological polar surface area (TPSA) is 78.1 Å². The lowest BCUT2D eigenvalue weighted by Gasteiger charge is -2.22. The first kappa shape index (κ1) is 18.7. The fourth-order valence-electron chi connectivity index (χ4n) is 4.05. The van der Waals surface area contributed by atoms with Crippen molar-refractivity contribution >= 4 is 26.8 Å². The molecule has 0 aliphatic carbocycles. The molecule has 0 unspecified atom stereocenters. The largest absolute Gasteiger partial charge is 0.317 e. The highest BCUT2D eigenvalue weighted by atomic mass is 32.2. The summed E-state index contributed by atoms with van der Waals surface area (Å²) in [7, 11) is -3.39. The molecule has 145 valence electrons. The minimum absolute atomic E-state index is 0.192. The van der Waals surface area contributed by atoms with Crippen LogP contribution in [0.4, 0.5) is 0 Å². The number of aromatic nitrogens is 2. The van der Waals surface area contributed by atoms with Gasteiger partial charge in [-0.3, -0.25) is 4.68 Å². The summed E-state index contributed by atoms with van der Waals surface area (Å²) in [5, 5.41) is 13.2. The molecule has 0 atom stereocenters.